The van der Waals surface area contributed by atoms with Gasteiger partial charge in [-0.1, -0.05) is 13.8 Å². The van der Waals surface area contributed by atoms with Crippen LogP contribution in [0.1, 0.15) is 32.3 Å². The summed E-state index contributed by atoms with van der Waals surface area (Å²) >= 11 is 0. The van der Waals surface area contributed by atoms with Crippen LogP contribution in [0.5, 0.6) is 5.88 Å². The summed E-state index contributed by atoms with van der Waals surface area (Å²) in [6, 6.07) is 0. The molecule has 0 fully saturated rings. The van der Waals surface area contributed by atoms with Gasteiger partial charge in [0.1, 0.15) is 0 Å². The molecule has 1 aromatic rings. The highest BCUT2D eigenvalue weighted by molar-refractivity contribution is 5.20. The minimum atomic E-state index is -0.314. The van der Waals surface area contributed by atoms with E-state index < -0.39 is 0 Å². The van der Waals surface area contributed by atoms with E-state index in [0.717, 1.165) is 18.4 Å². The average molecular weight is 254 g/mol. The lowest BCUT2D eigenvalue weighted by Gasteiger charge is -2.21. The van der Waals surface area contributed by atoms with Crippen molar-refractivity contribution in [1.82, 2.24) is 9.55 Å². The van der Waals surface area contributed by atoms with Gasteiger partial charge in [0, 0.05) is 25.4 Å². The summed E-state index contributed by atoms with van der Waals surface area (Å²) < 4.78 is 6.93. The fourth-order valence-electron chi connectivity index (χ4n) is 1.60. The van der Waals surface area contributed by atoms with Gasteiger partial charge in [-0.05, 0) is 25.2 Å². The summed E-state index contributed by atoms with van der Waals surface area (Å²) in [6.07, 6.45) is 3.40. The molecule has 0 aliphatic heterocycles. The topological polar surface area (TPSA) is 64.4 Å². The number of ether oxygens (including phenoxy) is 1. The van der Waals surface area contributed by atoms with Crippen molar-refractivity contribution >= 4 is 0 Å². The van der Waals surface area contributed by atoms with Crippen LogP contribution in [0.3, 0.4) is 0 Å². The molecule has 0 saturated carbocycles. The molecule has 0 bridgehead atoms. The maximum atomic E-state index is 11.4. The third-order valence-electron chi connectivity index (χ3n) is 2.89. The molecule has 0 radical (unpaired) electrons. The summed E-state index contributed by atoms with van der Waals surface area (Å²) in [5, 5.41) is 9.12. The molecule has 0 amide bonds. The molecule has 1 N–H and O–H groups in total. The zero-order valence-corrected chi connectivity index (χ0v) is 11.6. The first-order valence-electron chi connectivity index (χ1n) is 6.14. The summed E-state index contributed by atoms with van der Waals surface area (Å²) in [4.78, 5) is 15.2. The number of hydrogen-bond acceptors (Lipinski definition) is 4. The second-order valence-electron chi connectivity index (χ2n) is 5.40. The van der Waals surface area contributed by atoms with Crippen molar-refractivity contribution in [2.45, 2.75) is 33.6 Å². The smallest absolute Gasteiger partial charge is 0.350 e. The van der Waals surface area contributed by atoms with Crippen LogP contribution in [0.4, 0.5) is 0 Å². The second-order valence-corrected chi connectivity index (χ2v) is 5.40. The van der Waals surface area contributed by atoms with Crippen LogP contribution in [0.2, 0.25) is 0 Å². The molecule has 5 heteroatoms. The number of aliphatic hydroxyl groups excluding tert-OH is 1. The maximum Gasteiger partial charge on any atom is 0.350 e. The molecule has 0 aromatic carbocycles. The van der Waals surface area contributed by atoms with Gasteiger partial charge in [0.25, 0.3) is 0 Å². The Kier molecular flexibility index (Phi) is 4.90. The molecule has 1 aromatic heterocycles. The minimum absolute atomic E-state index is 0.0847. The molecule has 5 nitrogen and oxygen atoms in total. The highest BCUT2D eigenvalue weighted by Gasteiger charge is 2.15. The Morgan fingerprint density at radius 1 is 1.50 bits per heavy atom. The van der Waals surface area contributed by atoms with Gasteiger partial charge >= 0.3 is 5.69 Å². The number of aliphatic hydroxyl groups is 1. The molecule has 1 heterocycles. The van der Waals surface area contributed by atoms with E-state index in [9.17, 15) is 4.79 Å². The zero-order chi connectivity index (χ0) is 13.8. The van der Waals surface area contributed by atoms with Crippen LogP contribution in [-0.2, 0) is 7.05 Å². The fourth-order valence-corrected chi connectivity index (χ4v) is 1.60. The Bertz CT molecular complexity index is 452. The number of nitrogens with zero attached hydrogens (tertiary/aromatic N) is 2. The van der Waals surface area contributed by atoms with Gasteiger partial charge in [0.05, 0.1) is 6.61 Å². The Morgan fingerprint density at radius 3 is 2.78 bits per heavy atom. The Labute approximate surface area is 107 Å². The average Bonchev–Trinajstić information content (AvgIpc) is 2.31. The van der Waals surface area contributed by atoms with Gasteiger partial charge < -0.3 is 14.4 Å². The summed E-state index contributed by atoms with van der Waals surface area (Å²) in [7, 11) is 1.66. The van der Waals surface area contributed by atoms with Crippen molar-refractivity contribution in [2.24, 2.45) is 12.5 Å². The molecular formula is C13H22N2O3. The highest BCUT2D eigenvalue weighted by Crippen LogP contribution is 2.21. The fraction of sp³-hybridized carbons (Fsp3) is 0.692. The number of rotatable bonds is 6. The predicted molar refractivity (Wildman–Crippen MR) is 69.8 cm³/mol. The summed E-state index contributed by atoms with van der Waals surface area (Å²) in [5.41, 5.74) is 0.448. The van der Waals surface area contributed by atoms with Gasteiger partial charge in [-0.3, -0.25) is 0 Å². The van der Waals surface area contributed by atoms with E-state index in [1.165, 1.54) is 4.57 Å². The summed E-state index contributed by atoms with van der Waals surface area (Å²) in [6.45, 7) is 6.55. The monoisotopic (exact) mass is 254 g/mol. The molecule has 0 aliphatic rings. The van der Waals surface area contributed by atoms with Crippen LogP contribution in [0, 0.1) is 12.3 Å². The lowest BCUT2D eigenvalue weighted by atomic mass is 9.89. The summed E-state index contributed by atoms with van der Waals surface area (Å²) in [5.74, 6) is 0.403. The van der Waals surface area contributed by atoms with E-state index in [1.807, 2.05) is 20.8 Å². The van der Waals surface area contributed by atoms with Crippen molar-refractivity contribution in [3.05, 3.63) is 22.2 Å². The number of aryl methyl sites for hydroxylation is 2. The van der Waals surface area contributed by atoms with Gasteiger partial charge in [-0.25, -0.2) is 4.79 Å². The van der Waals surface area contributed by atoms with Crippen LogP contribution < -0.4 is 10.4 Å². The standard InChI is InChI=1S/C13H22N2O3/c1-10-8-15(4)12(17)14-11(10)18-7-5-6-13(2,3)9-16/h8,16H,5-7,9H2,1-4H3. The molecule has 102 valence electrons. The van der Waals surface area contributed by atoms with E-state index >= 15 is 0 Å². The quantitative estimate of drug-likeness (QED) is 0.776. The van der Waals surface area contributed by atoms with E-state index in [2.05, 4.69) is 4.98 Å². The van der Waals surface area contributed by atoms with Crippen LogP contribution >= 0.6 is 0 Å². The van der Waals surface area contributed by atoms with E-state index in [1.54, 1.807) is 13.2 Å². The first-order valence-corrected chi connectivity index (χ1v) is 6.14. The Balaban J connectivity index is 2.50. The largest absolute Gasteiger partial charge is 0.477 e. The molecule has 18 heavy (non-hydrogen) atoms. The van der Waals surface area contributed by atoms with Crippen molar-refractivity contribution in [3.8, 4) is 5.88 Å². The lowest BCUT2D eigenvalue weighted by molar-refractivity contribution is 0.140. The zero-order valence-electron chi connectivity index (χ0n) is 11.6. The molecule has 1 rings (SSSR count). The van der Waals surface area contributed by atoms with Crippen molar-refractivity contribution < 1.29 is 9.84 Å². The van der Waals surface area contributed by atoms with E-state index in [-0.39, 0.29) is 17.7 Å². The predicted octanol–water partition coefficient (Wildman–Crippen LogP) is 1.27. The number of hydrogen-bond donors (Lipinski definition) is 1. The van der Waals surface area contributed by atoms with Crippen molar-refractivity contribution in [1.29, 1.82) is 0 Å². The van der Waals surface area contributed by atoms with Crippen LogP contribution in [0.15, 0.2) is 11.0 Å². The highest BCUT2D eigenvalue weighted by atomic mass is 16.5. The van der Waals surface area contributed by atoms with Crippen LogP contribution in [0.25, 0.3) is 0 Å². The molecule has 0 spiro atoms. The lowest BCUT2D eigenvalue weighted by Crippen LogP contribution is -2.21. The van der Waals surface area contributed by atoms with Gasteiger partial charge in [0.2, 0.25) is 5.88 Å². The number of aromatic nitrogens is 2. The second kappa shape index (κ2) is 6.00. The van der Waals surface area contributed by atoms with Crippen LogP contribution in [-0.4, -0.2) is 27.9 Å². The molecule has 0 saturated heterocycles. The SMILES string of the molecule is Cc1cn(C)c(=O)nc1OCCCC(C)(C)CO. The molecule has 0 unspecified atom stereocenters. The van der Waals surface area contributed by atoms with Crippen molar-refractivity contribution in [2.75, 3.05) is 13.2 Å². The van der Waals surface area contributed by atoms with Gasteiger partial charge in [-0.15, -0.1) is 0 Å². The van der Waals surface area contributed by atoms with E-state index in [0.29, 0.717) is 12.5 Å². The third kappa shape index (κ3) is 4.14. The van der Waals surface area contributed by atoms with Crippen molar-refractivity contribution in [3.63, 3.8) is 0 Å². The Morgan fingerprint density at radius 2 is 2.17 bits per heavy atom. The first kappa shape index (κ1) is 14.7. The van der Waals surface area contributed by atoms with Gasteiger partial charge in [-0.2, -0.15) is 4.98 Å². The molecule has 0 aliphatic carbocycles. The maximum absolute atomic E-state index is 11.4. The van der Waals surface area contributed by atoms with Gasteiger partial charge in [0.15, 0.2) is 0 Å². The Hall–Kier alpha value is -1.36. The molecule has 0 atom stereocenters. The normalized spacial score (nSPS) is 11.6. The minimum Gasteiger partial charge on any atom is -0.477 e. The third-order valence-corrected chi connectivity index (χ3v) is 2.89. The first-order chi connectivity index (χ1) is 8.35. The van der Waals surface area contributed by atoms with E-state index in [4.69, 9.17) is 9.84 Å². The molecular weight excluding hydrogens is 232 g/mol.